The lowest BCUT2D eigenvalue weighted by Gasteiger charge is -2.30. The zero-order valence-corrected chi connectivity index (χ0v) is 11.3. The van der Waals surface area contributed by atoms with Crippen molar-refractivity contribution in [3.05, 3.63) is 28.7 Å². The zero-order valence-electron chi connectivity index (χ0n) is 10.5. The quantitative estimate of drug-likeness (QED) is 0.845. The van der Waals surface area contributed by atoms with E-state index in [4.69, 9.17) is 0 Å². The first-order valence-corrected chi connectivity index (χ1v) is 7.20. The van der Waals surface area contributed by atoms with Crippen LogP contribution in [0, 0.1) is 0 Å². The molecular weight excluding hydrogens is 246 g/mol. The summed E-state index contributed by atoms with van der Waals surface area (Å²) in [5, 5.41) is 10.3. The summed E-state index contributed by atoms with van der Waals surface area (Å²) in [4.78, 5) is 6.82. The number of hydrogen-bond donors (Lipinski definition) is 0. The Hall–Kier alpha value is -1.27. The molecule has 0 N–H and O–H groups in total. The summed E-state index contributed by atoms with van der Waals surface area (Å²) in [6.07, 6.45) is 4.12. The summed E-state index contributed by atoms with van der Waals surface area (Å²) in [5.41, 5.74) is 3.10. The number of aromatic nitrogens is 4. The van der Waals surface area contributed by atoms with Crippen LogP contribution in [0.5, 0.6) is 0 Å². The van der Waals surface area contributed by atoms with Crippen LogP contribution >= 0.6 is 11.3 Å². The summed E-state index contributed by atoms with van der Waals surface area (Å²) in [6.45, 7) is 3.22. The third-order valence-corrected chi connectivity index (χ3v) is 4.20. The van der Waals surface area contributed by atoms with Crippen molar-refractivity contribution in [2.75, 3.05) is 13.1 Å². The van der Waals surface area contributed by atoms with Gasteiger partial charge in [-0.2, -0.15) is 0 Å². The molecule has 1 fully saturated rings. The van der Waals surface area contributed by atoms with Gasteiger partial charge in [-0.15, -0.1) is 21.5 Å². The predicted molar refractivity (Wildman–Crippen MR) is 70.4 cm³/mol. The molecule has 6 heteroatoms. The number of aryl methyl sites for hydroxylation is 1. The first kappa shape index (κ1) is 11.8. The summed E-state index contributed by atoms with van der Waals surface area (Å²) in [5.74, 6) is 1.69. The largest absolute Gasteiger partial charge is 0.320 e. The van der Waals surface area contributed by atoms with E-state index in [2.05, 4.69) is 25.5 Å². The molecule has 0 atom stereocenters. The number of rotatable bonds is 3. The van der Waals surface area contributed by atoms with Gasteiger partial charge in [0.05, 0.1) is 11.2 Å². The molecule has 0 aromatic carbocycles. The molecule has 18 heavy (non-hydrogen) atoms. The molecule has 0 aliphatic carbocycles. The van der Waals surface area contributed by atoms with Crippen molar-refractivity contribution in [2.45, 2.75) is 25.3 Å². The summed E-state index contributed by atoms with van der Waals surface area (Å²) < 4.78 is 2.04. The molecule has 5 nitrogen and oxygen atoms in total. The van der Waals surface area contributed by atoms with Gasteiger partial charge in [-0.3, -0.25) is 4.90 Å². The van der Waals surface area contributed by atoms with Crippen LogP contribution in [-0.4, -0.2) is 37.7 Å². The third-order valence-electron chi connectivity index (χ3n) is 3.57. The highest BCUT2D eigenvalue weighted by Gasteiger charge is 2.23. The number of thiazole rings is 1. The molecule has 0 amide bonds. The molecule has 0 radical (unpaired) electrons. The van der Waals surface area contributed by atoms with E-state index >= 15 is 0 Å². The van der Waals surface area contributed by atoms with Crippen LogP contribution in [0.1, 0.15) is 30.3 Å². The smallest absolute Gasteiger partial charge is 0.135 e. The summed E-state index contributed by atoms with van der Waals surface area (Å²) in [6, 6.07) is 0. The monoisotopic (exact) mass is 263 g/mol. The Morgan fingerprint density at radius 3 is 2.83 bits per heavy atom. The molecule has 1 aliphatic rings. The minimum absolute atomic E-state index is 0.559. The Bertz CT molecular complexity index is 484. The second-order valence-corrected chi connectivity index (χ2v) is 5.55. The second kappa shape index (κ2) is 5.16. The van der Waals surface area contributed by atoms with E-state index in [1.54, 1.807) is 17.7 Å². The Balaban J connectivity index is 1.57. The van der Waals surface area contributed by atoms with E-state index in [-0.39, 0.29) is 0 Å². The molecule has 2 aromatic heterocycles. The van der Waals surface area contributed by atoms with Crippen LogP contribution in [0.4, 0.5) is 0 Å². The van der Waals surface area contributed by atoms with Gasteiger partial charge in [0.15, 0.2) is 0 Å². The van der Waals surface area contributed by atoms with Gasteiger partial charge in [-0.05, 0) is 25.9 Å². The number of piperidine rings is 1. The van der Waals surface area contributed by atoms with Crippen molar-refractivity contribution in [1.29, 1.82) is 0 Å². The zero-order chi connectivity index (χ0) is 12.4. The van der Waals surface area contributed by atoms with Crippen molar-refractivity contribution in [3.8, 4) is 0 Å². The van der Waals surface area contributed by atoms with Crippen LogP contribution in [-0.2, 0) is 13.6 Å². The van der Waals surface area contributed by atoms with E-state index in [9.17, 15) is 0 Å². The van der Waals surface area contributed by atoms with Gasteiger partial charge < -0.3 is 4.57 Å². The molecule has 0 spiro atoms. The fourth-order valence-corrected chi connectivity index (χ4v) is 3.11. The minimum Gasteiger partial charge on any atom is -0.320 e. The van der Waals surface area contributed by atoms with Crippen LogP contribution in [0.3, 0.4) is 0 Å². The van der Waals surface area contributed by atoms with Gasteiger partial charge >= 0.3 is 0 Å². The van der Waals surface area contributed by atoms with Crippen molar-refractivity contribution in [3.63, 3.8) is 0 Å². The van der Waals surface area contributed by atoms with Gasteiger partial charge in [-0.25, -0.2) is 4.98 Å². The first-order valence-electron chi connectivity index (χ1n) is 6.26. The lowest BCUT2D eigenvalue weighted by molar-refractivity contribution is 0.199. The number of likely N-dealkylation sites (tertiary alicyclic amines) is 1. The van der Waals surface area contributed by atoms with E-state index < -0.39 is 0 Å². The maximum Gasteiger partial charge on any atom is 0.135 e. The Morgan fingerprint density at radius 1 is 1.39 bits per heavy atom. The van der Waals surface area contributed by atoms with Crippen molar-refractivity contribution in [1.82, 2.24) is 24.6 Å². The molecule has 0 unspecified atom stereocenters. The fraction of sp³-hybridized carbons (Fsp3) is 0.583. The maximum atomic E-state index is 4.34. The third kappa shape index (κ3) is 2.44. The van der Waals surface area contributed by atoms with Crippen LogP contribution in [0.2, 0.25) is 0 Å². The molecule has 3 rings (SSSR count). The van der Waals surface area contributed by atoms with Crippen molar-refractivity contribution < 1.29 is 0 Å². The number of nitrogens with zero attached hydrogens (tertiary/aromatic N) is 5. The highest BCUT2D eigenvalue weighted by Crippen LogP contribution is 2.26. The van der Waals surface area contributed by atoms with Gasteiger partial charge in [0.1, 0.15) is 12.2 Å². The first-order chi connectivity index (χ1) is 8.83. The van der Waals surface area contributed by atoms with Crippen molar-refractivity contribution >= 4 is 11.3 Å². The molecule has 0 bridgehead atoms. The molecular formula is C12H17N5S. The average molecular weight is 263 g/mol. The van der Waals surface area contributed by atoms with Gasteiger partial charge in [0, 0.05) is 24.9 Å². The molecule has 1 saturated heterocycles. The SMILES string of the molecule is Cn1cnnc1C1CCN(Cc2cscn2)CC1. The Labute approximate surface area is 110 Å². The second-order valence-electron chi connectivity index (χ2n) is 4.83. The topological polar surface area (TPSA) is 46.8 Å². The van der Waals surface area contributed by atoms with Crippen molar-refractivity contribution in [2.24, 2.45) is 7.05 Å². The number of hydrogen-bond acceptors (Lipinski definition) is 5. The maximum absolute atomic E-state index is 4.34. The summed E-state index contributed by atoms with van der Waals surface area (Å²) >= 11 is 1.67. The lowest BCUT2D eigenvalue weighted by Crippen LogP contribution is -2.33. The lowest BCUT2D eigenvalue weighted by atomic mass is 9.96. The fourth-order valence-electron chi connectivity index (χ4n) is 2.56. The van der Waals surface area contributed by atoms with E-state index in [0.29, 0.717) is 5.92 Å². The standard InChI is InChI=1S/C12H17N5S/c1-16-8-14-15-12(16)10-2-4-17(5-3-10)6-11-7-18-9-13-11/h7-10H,2-6H2,1H3. The molecule has 2 aromatic rings. The van der Waals surface area contributed by atoms with E-state index in [1.165, 1.54) is 5.69 Å². The normalized spacial score (nSPS) is 18.3. The van der Waals surface area contributed by atoms with Crippen LogP contribution < -0.4 is 0 Å². The predicted octanol–water partition coefficient (Wildman–Crippen LogP) is 1.65. The van der Waals surface area contributed by atoms with E-state index in [0.717, 1.165) is 38.3 Å². The summed E-state index contributed by atoms with van der Waals surface area (Å²) in [7, 11) is 2.02. The Morgan fingerprint density at radius 2 is 2.22 bits per heavy atom. The van der Waals surface area contributed by atoms with Crippen LogP contribution in [0.15, 0.2) is 17.2 Å². The highest BCUT2D eigenvalue weighted by molar-refractivity contribution is 7.07. The van der Waals surface area contributed by atoms with E-state index in [1.807, 2.05) is 17.1 Å². The van der Waals surface area contributed by atoms with Crippen LogP contribution in [0.25, 0.3) is 0 Å². The minimum atomic E-state index is 0.559. The Kier molecular flexibility index (Phi) is 3.38. The molecule has 0 saturated carbocycles. The molecule has 3 heterocycles. The van der Waals surface area contributed by atoms with Gasteiger partial charge in [-0.1, -0.05) is 0 Å². The molecule has 1 aliphatic heterocycles. The average Bonchev–Trinajstić information content (AvgIpc) is 3.02. The van der Waals surface area contributed by atoms with Gasteiger partial charge in [0.2, 0.25) is 0 Å². The molecule has 96 valence electrons. The van der Waals surface area contributed by atoms with Gasteiger partial charge in [0.25, 0.3) is 0 Å². The highest BCUT2D eigenvalue weighted by atomic mass is 32.1.